The molecular formula is C21H21N5O2. The summed E-state index contributed by atoms with van der Waals surface area (Å²) >= 11 is 0. The first-order valence-corrected chi connectivity index (χ1v) is 8.94. The van der Waals surface area contributed by atoms with E-state index in [2.05, 4.69) is 53.2 Å². The number of aryl methyl sites for hydroxylation is 2. The zero-order valence-electron chi connectivity index (χ0n) is 16.2. The second kappa shape index (κ2) is 6.53. The molecule has 0 aliphatic heterocycles. The van der Waals surface area contributed by atoms with Crippen molar-refractivity contribution in [2.75, 3.05) is 11.1 Å². The molecule has 0 aliphatic rings. The third-order valence-corrected chi connectivity index (χ3v) is 5.05. The van der Waals surface area contributed by atoms with Gasteiger partial charge in [0.2, 0.25) is 5.95 Å². The first-order chi connectivity index (χ1) is 13.3. The Morgan fingerprint density at radius 1 is 1.00 bits per heavy atom. The number of anilines is 3. The van der Waals surface area contributed by atoms with Crippen LogP contribution in [0.4, 0.5) is 17.5 Å². The minimum atomic E-state index is -0.484. The molecule has 2 aromatic heterocycles. The highest BCUT2D eigenvalue weighted by Crippen LogP contribution is 2.31. The first kappa shape index (κ1) is 17.8. The minimum Gasteiger partial charge on any atom is -0.408 e. The Kier molecular flexibility index (Phi) is 4.15. The Morgan fingerprint density at radius 3 is 2.43 bits per heavy atom. The third kappa shape index (κ3) is 3.11. The summed E-state index contributed by atoms with van der Waals surface area (Å²) in [5.41, 5.74) is 14.2. The van der Waals surface area contributed by atoms with Gasteiger partial charge in [0.15, 0.2) is 5.58 Å². The Balaban J connectivity index is 1.78. The Bertz CT molecular complexity index is 1250. The van der Waals surface area contributed by atoms with Crippen molar-refractivity contribution in [2.24, 2.45) is 0 Å². The maximum atomic E-state index is 11.4. The topological polar surface area (TPSA) is 110 Å². The van der Waals surface area contributed by atoms with Crippen LogP contribution in [0.2, 0.25) is 0 Å². The number of nitrogens with two attached hydrogens (primary N) is 1. The minimum absolute atomic E-state index is 0.191. The number of nitrogens with zero attached hydrogens (tertiary/aromatic N) is 2. The molecule has 0 aliphatic carbocycles. The summed E-state index contributed by atoms with van der Waals surface area (Å²) in [6, 6.07) is 9.56. The summed E-state index contributed by atoms with van der Waals surface area (Å²) in [4.78, 5) is 22.8. The van der Waals surface area contributed by atoms with Crippen LogP contribution in [0.1, 0.15) is 22.3 Å². The second-order valence-corrected chi connectivity index (χ2v) is 6.99. The number of oxazole rings is 1. The summed E-state index contributed by atoms with van der Waals surface area (Å²) in [5.74, 6) is 0.322. The van der Waals surface area contributed by atoms with Crippen LogP contribution < -0.4 is 16.8 Å². The third-order valence-electron chi connectivity index (χ3n) is 5.05. The molecule has 4 N–H and O–H groups in total. The van der Waals surface area contributed by atoms with Gasteiger partial charge < -0.3 is 15.5 Å². The summed E-state index contributed by atoms with van der Waals surface area (Å²) in [5, 5.41) is 3.27. The largest absolute Gasteiger partial charge is 0.417 e. The van der Waals surface area contributed by atoms with Crippen molar-refractivity contribution in [1.82, 2.24) is 15.0 Å². The van der Waals surface area contributed by atoms with Gasteiger partial charge >= 0.3 is 5.76 Å². The van der Waals surface area contributed by atoms with Gasteiger partial charge in [-0.2, -0.15) is 4.98 Å². The van der Waals surface area contributed by atoms with Crippen LogP contribution in [0.3, 0.4) is 0 Å². The predicted molar refractivity (Wildman–Crippen MR) is 111 cm³/mol. The highest BCUT2D eigenvalue weighted by molar-refractivity contribution is 5.80. The van der Waals surface area contributed by atoms with Crippen molar-refractivity contribution in [3.8, 4) is 11.3 Å². The van der Waals surface area contributed by atoms with Crippen molar-refractivity contribution >= 4 is 28.6 Å². The number of H-pyrrole nitrogens is 1. The molecule has 0 bridgehead atoms. The molecule has 4 rings (SSSR count). The van der Waals surface area contributed by atoms with Crippen LogP contribution in [0, 0.1) is 27.7 Å². The van der Waals surface area contributed by atoms with Crippen molar-refractivity contribution in [2.45, 2.75) is 27.7 Å². The lowest BCUT2D eigenvalue weighted by molar-refractivity contribution is 0.555. The van der Waals surface area contributed by atoms with Crippen molar-refractivity contribution in [3.63, 3.8) is 0 Å². The summed E-state index contributed by atoms with van der Waals surface area (Å²) in [7, 11) is 0. The van der Waals surface area contributed by atoms with Gasteiger partial charge in [-0.3, -0.25) is 4.98 Å². The Hall–Kier alpha value is -3.61. The molecule has 0 fully saturated rings. The van der Waals surface area contributed by atoms with E-state index in [4.69, 9.17) is 10.2 Å². The highest BCUT2D eigenvalue weighted by Gasteiger charge is 2.14. The van der Waals surface area contributed by atoms with Crippen molar-refractivity contribution in [3.05, 3.63) is 63.1 Å². The monoisotopic (exact) mass is 375 g/mol. The van der Waals surface area contributed by atoms with E-state index in [1.165, 1.54) is 16.7 Å². The van der Waals surface area contributed by atoms with E-state index in [-0.39, 0.29) is 5.95 Å². The van der Waals surface area contributed by atoms with Gasteiger partial charge in [-0.05, 0) is 74.7 Å². The molecule has 0 amide bonds. The molecule has 142 valence electrons. The molecular weight excluding hydrogens is 354 g/mol. The van der Waals surface area contributed by atoms with Crippen LogP contribution in [0.15, 0.2) is 39.5 Å². The van der Waals surface area contributed by atoms with E-state index in [0.717, 1.165) is 22.5 Å². The first-order valence-electron chi connectivity index (χ1n) is 8.94. The maximum Gasteiger partial charge on any atom is 0.417 e. The van der Waals surface area contributed by atoms with E-state index >= 15 is 0 Å². The normalized spacial score (nSPS) is 11.1. The van der Waals surface area contributed by atoms with E-state index in [9.17, 15) is 4.79 Å². The summed E-state index contributed by atoms with van der Waals surface area (Å²) in [6.07, 6.45) is 0. The molecule has 7 heteroatoms. The van der Waals surface area contributed by atoms with Crippen molar-refractivity contribution < 1.29 is 4.42 Å². The lowest BCUT2D eigenvalue weighted by Crippen LogP contribution is -2.05. The number of aromatic amines is 1. The van der Waals surface area contributed by atoms with Crippen LogP contribution in [0.25, 0.3) is 22.4 Å². The fourth-order valence-corrected chi connectivity index (χ4v) is 3.28. The van der Waals surface area contributed by atoms with Crippen LogP contribution in [0.5, 0.6) is 0 Å². The SMILES string of the molecule is Cc1cc(-c2nc(N)nc(Nc3ccc4oc(=O)[nH]c4c3)c2C)cc(C)c1C. The average molecular weight is 375 g/mol. The van der Waals surface area contributed by atoms with Gasteiger partial charge in [0.05, 0.1) is 11.2 Å². The number of aromatic nitrogens is 3. The maximum absolute atomic E-state index is 11.4. The molecule has 7 nitrogen and oxygen atoms in total. The fraction of sp³-hybridized carbons (Fsp3) is 0.190. The number of nitrogens with one attached hydrogen (secondary N) is 2. The molecule has 0 unspecified atom stereocenters. The summed E-state index contributed by atoms with van der Waals surface area (Å²) in [6.45, 7) is 8.25. The molecule has 0 radical (unpaired) electrons. The van der Waals surface area contributed by atoms with Gasteiger partial charge in [0.25, 0.3) is 0 Å². The standard InChI is InChI=1S/C21H21N5O2/c1-10-7-14(8-11(2)12(10)3)18-13(4)19(26-20(22)25-18)23-15-5-6-17-16(9-15)24-21(27)28-17/h5-9H,1-4H3,(H,24,27)(H3,22,23,25,26). The molecule has 0 spiro atoms. The van der Waals surface area contributed by atoms with Crippen molar-refractivity contribution in [1.29, 1.82) is 0 Å². The van der Waals surface area contributed by atoms with Crippen LogP contribution in [-0.4, -0.2) is 15.0 Å². The number of hydrogen-bond donors (Lipinski definition) is 3. The molecule has 4 aromatic rings. The fourth-order valence-electron chi connectivity index (χ4n) is 3.28. The van der Waals surface area contributed by atoms with Crippen LogP contribution in [-0.2, 0) is 0 Å². The van der Waals surface area contributed by atoms with Gasteiger partial charge in [-0.25, -0.2) is 9.78 Å². The van der Waals surface area contributed by atoms with E-state index in [0.29, 0.717) is 16.9 Å². The zero-order valence-corrected chi connectivity index (χ0v) is 16.2. The highest BCUT2D eigenvalue weighted by atomic mass is 16.4. The zero-order chi connectivity index (χ0) is 20.0. The van der Waals surface area contributed by atoms with Gasteiger partial charge in [0, 0.05) is 16.8 Å². The quantitative estimate of drug-likeness (QED) is 0.496. The molecule has 2 heterocycles. The lowest BCUT2D eigenvalue weighted by atomic mass is 9.97. The number of fused-ring (bicyclic) bond motifs is 1. The van der Waals surface area contributed by atoms with Gasteiger partial charge in [-0.15, -0.1) is 0 Å². The Morgan fingerprint density at radius 2 is 1.71 bits per heavy atom. The van der Waals surface area contributed by atoms with E-state index < -0.39 is 5.76 Å². The van der Waals surface area contributed by atoms with Gasteiger partial charge in [-0.1, -0.05) is 0 Å². The van der Waals surface area contributed by atoms with Gasteiger partial charge in [0.1, 0.15) is 5.82 Å². The lowest BCUT2D eigenvalue weighted by Gasteiger charge is -2.15. The molecule has 0 saturated heterocycles. The average Bonchev–Trinajstić information content (AvgIpc) is 3.01. The molecule has 0 atom stereocenters. The Labute approximate surface area is 161 Å². The second-order valence-electron chi connectivity index (χ2n) is 6.99. The molecule has 2 aromatic carbocycles. The summed E-state index contributed by atoms with van der Waals surface area (Å²) < 4.78 is 5.04. The van der Waals surface area contributed by atoms with Crippen LogP contribution >= 0.6 is 0 Å². The number of hydrogen-bond acceptors (Lipinski definition) is 6. The smallest absolute Gasteiger partial charge is 0.408 e. The van der Waals surface area contributed by atoms with E-state index in [1.54, 1.807) is 12.1 Å². The number of benzene rings is 2. The number of nitrogen functional groups attached to an aromatic ring is 1. The predicted octanol–water partition coefficient (Wildman–Crippen LogP) is 4.14. The molecule has 0 saturated carbocycles. The number of rotatable bonds is 3. The van der Waals surface area contributed by atoms with E-state index in [1.807, 2.05) is 13.0 Å². The molecule has 28 heavy (non-hydrogen) atoms.